The Morgan fingerprint density at radius 2 is 2.14 bits per heavy atom. The first kappa shape index (κ1) is 26.5. The molecule has 0 unspecified atom stereocenters. The van der Waals surface area contributed by atoms with Gasteiger partial charge in [0.05, 0.1) is 35.8 Å². The van der Waals surface area contributed by atoms with Gasteiger partial charge in [0.15, 0.2) is 9.84 Å². The number of aromatic nitrogens is 2. The Bertz CT molecular complexity index is 1460. The fraction of sp³-hybridized carbons (Fsp3) is 0.370. The van der Waals surface area contributed by atoms with Gasteiger partial charge in [-0.1, -0.05) is 31.6 Å². The first-order chi connectivity index (χ1) is 17.7. The van der Waals surface area contributed by atoms with Crippen molar-refractivity contribution in [2.75, 3.05) is 50.2 Å². The van der Waals surface area contributed by atoms with Gasteiger partial charge in [-0.15, -0.1) is 0 Å². The molecule has 1 aromatic carbocycles. The van der Waals surface area contributed by atoms with E-state index in [1.807, 2.05) is 25.1 Å². The Morgan fingerprint density at radius 3 is 2.81 bits per heavy atom. The van der Waals surface area contributed by atoms with E-state index in [1.165, 1.54) is 19.2 Å². The quantitative estimate of drug-likeness (QED) is 0.434. The number of rotatable bonds is 8. The van der Waals surface area contributed by atoms with Crippen LogP contribution in [0.2, 0.25) is 0 Å². The van der Waals surface area contributed by atoms with Crippen LogP contribution in [0.25, 0.3) is 11.6 Å². The van der Waals surface area contributed by atoms with Crippen LogP contribution in [0.1, 0.15) is 24.6 Å². The van der Waals surface area contributed by atoms with Gasteiger partial charge in [-0.25, -0.2) is 17.3 Å². The van der Waals surface area contributed by atoms with Gasteiger partial charge in [0.2, 0.25) is 0 Å². The number of piperidine rings is 1. The predicted molar refractivity (Wildman–Crippen MR) is 146 cm³/mol. The standard InChI is InChI=1S/C27H32FN5O3S/c1-5-20-22(9-8-15-29-24-13-12-19(37(4,34)35)17-26(24)36-3)31-33-25(20)10-7-11-27(33)30-23-14-16-32(6-2)18-21(23)28/h5,7,10-13,17,21,23,29-30H,1,6,14-16,18H2,2-4H3/t21-,23+/m0/s1. The predicted octanol–water partition coefficient (Wildman–Crippen LogP) is 3.70. The number of nitrogens with zero attached hydrogens (tertiary/aromatic N) is 3. The van der Waals surface area contributed by atoms with E-state index in [1.54, 1.807) is 16.7 Å². The number of alkyl halides is 1. The van der Waals surface area contributed by atoms with Crippen molar-refractivity contribution in [1.29, 1.82) is 0 Å². The highest BCUT2D eigenvalue weighted by atomic mass is 32.2. The Kier molecular flexibility index (Phi) is 8.05. The summed E-state index contributed by atoms with van der Waals surface area (Å²) in [7, 11) is -1.86. The second-order valence-corrected chi connectivity index (χ2v) is 10.9. The van der Waals surface area contributed by atoms with Gasteiger partial charge in [-0.2, -0.15) is 5.10 Å². The van der Waals surface area contributed by atoms with Gasteiger partial charge in [-0.05, 0) is 43.2 Å². The van der Waals surface area contributed by atoms with Crippen LogP contribution >= 0.6 is 0 Å². The van der Waals surface area contributed by atoms with Crippen LogP contribution in [-0.2, 0) is 9.84 Å². The van der Waals surface area contributed by atoms with Gasteiger partial charge in [0.1, 0.15) is 23.4 Å². The molecule has 1 fully saturated rings. The summed E-state index contributed by atoms with van der Waals surface area (Å²) in [5.74, 6) is 7.27. The van der Waals surface area contributed by atoms with Crippen LogP contribution in [0.4, 0.5) is 15.9 Å². The molecule has 3 aromatic rings. The van der Waals surface area contributed by atoms with E-state index >= 15 is 0 Å². The summed E-state index contributed by atoms with van der Waals surface area (Å²) in [4.78, 5) is 2.30. The van der Waals surface area contributed by atoms with Gasteiger partial charge in [-0.3, -0.25) is 0 Å². The molecule has 3 heterocycles. The van der Waals surface area contributed by atoms with Crippen molar-refractivity contribution in [3.63, 3.8) is 0 Å². The first-order valence-corrected chi connectivity index (χ1v) is 14.0. The fourth-order valence-corrected chi connectivity index (χ4v) is 5.05. The van der Waals surface area contributed by atoms with Crippen molar-refractivity contribution in [2.24, 2.45) is 0 Å². The van der Waals surface area contributed by atoms with Gasteiger partial charge in [0, 0.05) is 31.0 Å². The van der Waals surface area contributed by atoms with Crippen molar-refractivity contribution >= 4 is 32.9 Å². The molecule has 0 saturated carbocycles. The molecule has 10 heteroatoms. The number of hydrogen-bond acceptors (Lipinski definition) is 7. The van der Waals surface area contributed by atoms with Gasteiger partial charge < -0.3 is 20.3 Å². The number of pyridine rings is 1. The van der Waals surface area contributed by atoms with E-state index in [-0.39, 0.29) is 17.5 Å². The number of halogens is 1. The molecule has 1 aliphatic heterocycles. The lowest BCUT2D eigenvalue weighted by molar-refractivity contribution is 0.131. The molecule has 1 aliphatic rings. The molecular weight excluding hydrogens is 493 g/mol. The van der Waals surface area contributed by atoms with Crippen LogP contribution in [-0.4, -0.2) is 74.7 Å². The van der Waals surface area contributed by atoms with E-state index < -0.39 is 16.0 Å². The van der Waals surface area contributed by atoms with E-state index in [2.05, 4.69) is 39.1 Å². The van der Waals surface area contributed by atoms with E-state index in [0.29, 0.717) is 35.9 Å². The Morgan fingerprint density at radius 1 is 1.32 bits per heavy atom. The average molecular weight is 526 g/mol. The summed E-state index contributed by atoms with van der Waals surface area (Å²) in [5, 5.41) is 11.2. The van der Waals surface area contributed by atoms with Crippen LogP contribution in [0.3, 0.4) is 0 Å². The lowest BCUT2D eigenvalue weighted by atomic mass is 10.0. The summed E-state index contributed by atoms with van der Waals surface area (Å²) in [5.41, 5.74) is 2.81. The third-order valence-electron chi connectivity index (χ3n) is 6.48. The highest BCUT2D eigenvalue weighted by molar-refractivity contribution is 7.90. The SMILES string of the molecule is C=Cc1c(C#CCNc2ccc(S(C)(=O)=O)cc2OC)nn2c(N[C@@H]3CCN(CC)C[C@@H]3F)cccc12. The van der Waals surface area contributed by atoms with Gasteiger partial charge in [0.25, 0.3) is 0 Å². The number of methoxy groups -OCH3 is 1. The molecule has 37 heavy (non-hydrogen) atoms. The molecule has 0 amide bonds. The van der Waals surface area contributed by atoms with E-state index in [0.717, 1.165) is 30.4 Å². The zero-order valence-corrected chi connectivity index (χ0v) is 22.1. The molecule has 4 rings (SSSR count). The Balaban J connectivity index is 1.53. The summed E-state index contributed by atoms with van der Waals surface area (Å²) >= 11 is 0. The molecule has 0 bridgehead atoms. The third-order valence-corrected chi connectivity index (χ3v) is 7.59. The maximum Gasteiger partial charge on any atom is 0.175 e. The van der Waals surface area contributed by atoms with Crippen molar-refractivity contribution < 1.29 is 17.5 Å². The number of likely N-dealkylation sites (tertiary alicyclic amines) is 1. The lowest BCUT2D eigenvalue weighted by Crippen LogP contribution is -2.47. The minimum Gasteiger partial charge on any atom is -0.495 e. The minimum atomic E-state index is -3.34. The highest BCUT2D eigenvalue weighted by Gasteiger charge is 2.29. The second-order valence-electron chi connectivity index (χ2n) is 8.91. The topological polar surface area (TPSA) is 88.0 Å². The molecule has 2 N–H and O–H groups in total. The van der Waals surface area contributed by atoms with Crippen LogP contribution < -0.4 is 15.4 Å². The summed E-state index contributed by atoms with van der Waals surface area (Å²) < 4.78 is 45.5. The minimum absolute atomic E-state index is 0.181. The average Bonchev–Trinajstić information content (AvgIpc) is 3.25. The molecule has 2 atom stereocenters. The molecule has 0 aliphatic carbocycles. The van der Waals surface area contributed by atoms with E-state index in [4.69, 9.17) is 4.74 Å². The van der Waals surface area contributed by atoms with Crippen molar-refractivity contribution in [3.8, 4) is 17.6 Å². The monoisotopic (exact) mass is 525 g/mol. The van der Waals surface area contributed by atoms with Crippen molar-refractivity contribution in [1.82, 2.24) is 14.5 Å². The van der Waals surface area contributed by atoms with Crippen LogP contribution in [0.15, 0.2) is 47.9 Å². The van der Waals surface area contributed by atoms with Crippen molar-refractivity contribution in [2.45, 2.75) is 30.5 Å². The third kappa shape index (κ3) is 5.89. The number of sulfone groups is 1. The normalized spacial score (nSPS) is 18.2. The smallest absolute Gasteiger partial charge is 0.175 e. The molecule has 0 radical (unpaired) electrons. The number of ether oxygens (including phenoxy) is 1. The molecule has 2 aromatic heterocycles. The lowest BCUT2D eigenvalue weighted by Gasteiger charge is -2.34. The maximum atomic E-state index is 14.8. The second kappa shape index (κ2) is 11.2. The van der Waals surface area contributed by atoms with E-state index in [9.17, 15) is 12.8 Å². The van der Waals surface area contributed by atoms with Crippen LogP contribution in [0, 0.1) is 11.8 Å². The number of nitrogens with one attached hydrogen (secondary N) is 2. The Labute approximate surface area is 217 Å². The molecule has 196 valence electrons. The number of hydrogen-bond donors (Lipinski definition) is 2. The van der Waals surface area contributed by atoms with Gasteiger partial charge >= 0.3 is 0 Å². The molecule has 1 saturated heterocycles. The number of fused-ring (bicyclic) bond motifs is 1. The zero-order valence-electron chi connectivity index (χ0n) is 21.3. The van der Waals surface area contributed by atoms with Crippen molar-refractivity contribution in [3.05, 3.63) is 54.2 Å². The maximum absolute atomic E-state index is 14.8. The zero-order chi connectivity index (χ0) is 26.6. The molecule has 8 nitrogen and oxygen atoms in total. The molecule has 0 spiro atoms. The number of anilines is 2. The largest absolute Gasteiger partial charge is 0.495 e. The fourth-order valence-electron chi connectivity index (χ4n) is 4.41. The number of benzene rings is 1. The molecular formula is C27H32FN5O3S. The Hall–Kier alpha value is -3.55. The highest BCUT2D eigenvalue weighted by Crippen LogP contribution is 2.27. The van der Waals surface area contributed by atoms with Crippen LogP contribution in [0.5, 0.6) is 5.75 Å². The summed E-state index contributed by atoms with van der Waals surface area (Å²) in [6, 6.07) is 10.1. The summed E-state index contributed by atoms with van der Waals surface area (Å²) in [6.45, 7) is 8.38. The summed E-state index contributed by atoms with van der Waals surface area (Å²) in [6.07, 6.45) is 2.62. The first-order valence-electron chi connectivity index (χ1n) is 12.1.